The topological polar surface area (TPSA) is 163 Å². The zero-order valence-electron chi connectivity index (χ0n) is 22.9. The van der Waals surface area contributed by atoms with Crippen LogP contribution in [0.1, 0.15) is 35.2 Å². The van der Waals surface area contributed by atoms with E-state index >= 15 is 0 Å². The number of hydrogen-bond donors (Lipinski definition) is 3. The highest BCUT2D eigenvalue weighted by atomic mass is 35.5. The smallest absolute Gasteiger partial charge is 0.335 e. The summed E-state index contributed by atoms with van der Waals surface area (Å²) < 4.78 is 1.42. The molecule has 0 bridgehead atoms. The lowest BCUT2D eigenvalue weighted by Gasteiger charge is -2.22. The number of halogens is 1. The van der Waals surface area contributed by atoms with Gasteiger partial charge in [-0.15, -0.1) is 5.10 Å². The molecule has 1 saturated heterocycles. The fraction of sp³-hybridized carbons (Fsp3) is 0.321. The van der Waals surface area contributed by atoms with Crippen LogP contribution >= 0.6 is 11.6 Å². The van der Waals surface area contributed by atoms with E-state index in [1.807, 2.05) is 7.05 Å². The Morgan fingerprint density at radius 3 is 2.57 bits per heavy atom. The van der Waals surface area contributed by atoms with Gasteiger partial charge in [-0.25, -0.2) is 4.79 Å². The van der Waals surface area contributed by atoms with Gasteiger partial charge in [0.1, 0.15) is 12.4 Å². The number of nitrogens with one attached hydrogen (secondary N) is 2. The fourth-order valence-electron chi connectivity index (χ4n) is 4.44. The number of aromatic carboxylic acids is 1. The van der Waals surface area contributed by atoms with Crippen LogP contribution in [0.25, 0.3) is 11.8 Å². The molecule has 3 aromatic rings. The number of anilines is 1. The SMILES string of the molecule is CN1CCCN(C(=O)CC[C@H](NC(=O)/C=C/c2cc(Cl)ccc2-n2cnnn2)C(=O)Nc2ccc(C(=O)O)cc2)CC1. The first-order chi connectivity index (χ1) is 20.2. The van der Waals surface area contributed by atoms with Crippen LogP contribution in [0.15, 0.2) is 54.9 Å². The van der Waals surface area contributed by atoms with Crippen molar-refractivity contribution in [2.45, 2.75) is 25.3 Å². The molecule has 1 aliphatic heterocycles. The van der Waals surface area contributed by atoms with E-state index in [-0.39, 0.29) is 24.3 Å². The number of carboxylic acids is 1. The Hall–Kier alpha value is -4.62. The molecule has 2 aromatic carbocycles. The summed E-state index contributed by atoms with van der Waals surface area (Å²) in [5, 5.41) is 26.1. The normalized spacial score (nSPS) is 14.8. The lowest BCUT2D eigenvalue weighted by Crippen LogP contribution is -2.44. The van der Waals surface area contributed by atoms with Gasteiger partial charge >= 0.3 is 5.97 Å². The van der Waals surface area contributed by atoms with Crippen LogP contribution in [0.3, 0.4) is 0 Å². The molecule has 42 heavy (non-hydrogen) atoms. The van der Waals surface area contributed by atoms with Gasteiger partial charge in [-0.2, -0.15) is 4.68 Å². The second kappa shape index (κ2) is 14.3. The number of amides is 3. The van der Waals surface area contributed by atoms with E-state index in [1.165, 1.54) is 47.4 Å². The fourth-order valence-corrected chi connectivity index (χ4v) is 4.62. The van der Waals surface area contributed by atoms with Gasteiger partial charge in [0.2, 0.25) is 17.7 Å². The van der Waals surface area contributed by atoms with E-state index in [1.54, 1.807) is 23.1 Å². The van der Waals surface area contributed by atoms with Crippen LogP contribution in [0.4, 0.5) is 5.69 Å². The van der Waals surface area contributed by atoms with Crippen molar-refractivity contribution in [2.24, 2.45) is 0 Å². The van der Waals surface area contributed by atoms with Gasteiger partial charge in [0.15, 0.2) is 0 Å². The average molecular weight is 595 g/mol. The highest BCUT2D eigenvalue weighted by molar-refractivity contribution is 6.30. The Balaban J connectivity index is 1.47. The van der Waals surface area contributed by atoms with Crippen LogP contribution in [0, 0.1) is 0 Å². The molecule has 14 heteroatoms. The third-order valence-electron chi connectivity index (χ3n) is 6.75. The van der Waals surface area contributed by atoms with Gasteiger partial charge < -0.3 is 25.5 Å². The average Bonchev–Trinajstić information content (AvgIpc) is 3.41. The second-order valence-corrected chi connectivity index (χ2v) is 10.2. The summed E-state index contributed by atoms with van der Waals surface area (Å²) in [4.78, 5) is 54.3. The van der Waals surface area contributed by atoms with Gasteiger partial charge in [-0.05, 0) is 85.4 Å². The predicted molar refractivity (Wildman–Crippen MR) is 155 cm³/mol. The van der Waals surface area contributed by atoms with Crippen LogP contribution in [-0.2, 0) is 14.4 Å². The number of tetrazole rings is 1. The molecule has 0 unspecified atom stereocenters. The molecule has 1 aliphatic rings. The molecule has 220 valence electrons. The van der Waals surface area contributed by atoms with E-state index in [0.29, 0.717) is 35.1 Å². The number of aromatic nitrogens is 4. The first kappa shape index (κ1) is 30.3. The highest BCUT2D eigenvalue weighted by Gasteiger charge is 2.24. The van der Waals surface area contributed by atoms with Crippen LogP contribution < -0.4 is 10.6 Å². The summed E-state index contributed by atoms with van der Waals surface area (Å²) in [6.45, 7) is 2.90. The number of carbonyl (C=O) groups is 4. The van der Waals surface area contributed by atoms with Crippen molar-refractivity contribution in [3.63, 3.8) is 0 Å². The summed E-state index contributed by atoms with van der Waals surface area (Å²) in [7, 11) is 2.01. The van der Waals surface area contributed by atoms with Crippen LogP contribution in [-0.4, -0.2) is 98.1 Å². The molecule has 3 N–H and O–H groups in total. The molecule has 0 radical (unpaired) electrons. The molecular weight excluding hydrogens is 564 g/mol. The summed E-state index contributed by atoms with van der Waals surface area (Å²) in [5.41, 5.74) is 1.57. The van der Waals surface area contributed by atoms with Gasteiger partial charge in [0.25, 0.3) is 0 Å². The third-order valence-corrected chi connectivity index (χ3v) is 6.99. The lowest BCUT2D eigenvalue weighted by molar-refractivity contribution is -0.132. The molecule has 1 aromatic heterocycles. The minimum absolute atomic E-state index is 0.0570. The van der Waals surface area contributed by atoms with Gasteiger partial charge in [0.05, 0.1) is 11.3 Å². The molecule has 0 aliphatic carbocycles. The van der Waals surface area contributed by atoms with Crippen molar-refractivity contribution in [2.75, 3.05) is 38.5 Å². The Kier molecular flexibility index (Phi) is 10.3. The van der Waals surface area contributed by atoms with Crippen molar-refractivity contribution in [1.82, 2.24) is 35.3 Å². The standard InChI is InChI=1S/C28H31ClN8O5/c1-35-13-2-14-36(16-15-35)26(39)12-9-23(27(40)31-22-7-3-19(4-8-22)28(41)42)32-25(38)11-5-20-17-21(29)6-10-24(20)37-18-30-33-34-37/h3-8,10-11,17-18,23H,2,9,12-16H2,1H3,(H,31,40)(H,32,38)(H,41,42)/b11-5+/t23-/m0/s1. The zero-order chi connectivity index (χ0) is 30.1. The van der Waals surface area contributed by atoms with Crippen molar-refractivity contribution in [3.8, 4) is 5.69 Å². The Morgan fingerprint density at radius 2 is 1.86 bits per heavy atom. The monoisotopic (exact) mass is 594 g/mol. The maximum absolute atomic E-state index is 13.2. The minimum atomic E-state index is -1.09. The molecule has 1 atom stereocenters. The van der Waals surface area contributed by atoms with Crippen molar-refractivity contribution >= 4 is 47.1 Å². The zero-order valence-corrected chi connectivity index (χ0v) is 23.7. The molecule has 0 spiro atoms. The number of likely N-dealkylation sites (N-methyl/N-ethyl adjacent to an activating group) is 1. The first-order valence-electron chi connectivity index (χ1n) is 13.3. The predicted octanol–water partition coefficient (Wildman–Crippen LogP) is 2.09. The Morgan fingerprint density at radius 1 is 1.07 bits per heavy atom. The van der Waals surface area contributed by atoms with E-state index in [4.69, 9.17) is 16.7 Å². The third kappa shape index (κ3) is 8.44. The lowest BCUT2D eigenvalue weighted by atomic mass is 10.1. The summed E-state index contributed by atoms with van der Waals surface area (Å²) in [5.74, 6) is -2.29. The number of carboxylic acid groups (broad SMARTS) is 1. The number of hydrogen-bond acceptors (Lipinski definition) is 8. The van der Waals surface area contributed by atoms with Crippen LogP contribution in [0.2, 0.25) is 5.02 Å². The van der Waals surface area contributed by atoms with E-state index < -0.39 is 23.8 Å². The summed E-state index contributed by atoms with van der Waals surface area (Å²) in [6, 6.07) is 9.61. The largest absolute Gasteiger partial charge is 0.478 e. The molecule has 2 heterocycles. The van der Waals surface area contributed by atoms with E-state index in [9.17, 15) is 19.2 Å². The molecule has 0 saturated carbocycles. The molecule has 13 nitrogen and oxygen atoms in total. The van der Waals surface area contributed by atoms with Crippen LogP contribution in [0.5, 0.6) is 0 Å². The molecular formula is C28H31ClN8O5. The number of nitrogens with zero attached hydrogens (tertiary/aromatic N) is 6. The van der Waals surface area contributed by atoms with Crippen molar-refractivity contribution in [1.29, 1.82) is 0 Å². The van der Waals surface area contributed by atoms with Gasteiger partial charge in [-0.3, -0.25) is 14.4 Å². The van der Waals surface area contributed by atoms with Crippen molar-refractivity contribution < 1.29 is 24.3 Å². The van der Waals surface area contributed by atoms with Crippen molar-refractivity contribution in [3.05, 3.63) is 71.0 Å². The van der Waals surface area contributed by atoms with E-state index in [0.717, 1.165) is 19.5 Å². The number of rotatable bonds is 10. The maximum Gasteiger partial charge on any atom is 0.335 e. The highest BCUT2D eigenvalue weighted by Crippen LogP contribution is 2.20. The molecule has 3 amide bonds. The van der Waals surface area contributed by atoms with Gasteiger partial charge in [-0.1, -0.05) is 11.6 Å². The first-order valence-corrected chi connectivity index (χ1v) is 13.7. The van der Waals surface area contributed by atoms with E-state index in [2.05, 4.69) is 31.1 Å². The Bertz CT molecular complexity index is 1440. The summed E-state index contributed by atoms with van der Waals surface area (Å²) in [6.07, 6.45) is 5.17. The molecule has 4 rings (SSSR count). The maximum atomic E-state index is 13.2. The molecule has 1 fully saturated rings. The minimum Gasteiger partial charge on any atom is -0.478 e. The quantitative estimate of drug-likeness (QED) is 0.298. The van der Waals surface area contributed by atoms with Gasteiger partial charge in [0, 0.05) is 48.4 Å². The number of carbonyl (C=O) groups excluding carboxylic acids is 3. The second-order valence-electron chi connectivity index (χ2n) is 9.80. The Labute approximate surface area is 247 Å². The summed E-state index contributed by atoms with van der Waals surface area (Å²) >= 11 is 6.16. The number of benzene rings is 2.